The highest BCUT2D eigenvalue weighted by Crippen LogP contribution is 2.22. The van der Waals surface area contributed by atoms with Gasteiger partial charge in [0.25, 0.3) is 0 Å². The molecule has 86 valence electrons. The second-order valence-electron chi connectivity index (χ2n) is 3.81. The van der Waals surface area contributed by atoms with E-state index in [1.54, 1.807) is 12.3 Å². The largest absolute Gasteiger partial charge is 0.390 e. The van der Waals surface area contributed by atoms with Crippen LogP contribution in [-0.4, -0.2) is 33.1 Å². The summed E-state index contributed by atoms with van der Waals surface area (Å²) in [6, 6.07) is 5.41. The van der Waals surface area contributed by atoms with Gasteiger partial charge >= 0.3 is 0 Å². The number of aromatic nitrogens is 2. The molecule has 0 bridgehead atoms. The first-order valence-electron chi connectivity index (χ1n) is 5.21. The number of nitrogens with one attached hydrogen (secondary N) is 1. The van der Waals surface area contributed by atoms with Crippen molar-refractivity contribution in [3.63, 3.8) is 0 Å². The molecule has 0 radical (unpaired) electrons. The summed E-state index contributed by atoms with van der Waals surface area (Å²) in [5, 5.41) is 27.2. The van der Waals surface area contributed by atoms with Gasteiger partial charge in [0.15, 0.2) is 0 Å². The number of benzene rings is 1. The first-order chi connectivity index (χ1) is 7.72. The minimum atomic E-state index is -0.900. The Balaban J connectivity index is 2.24. The molecule has 0 aliphatic rings. The van der Waals surface area contributed by atoms with E-state index < -0.39 is 12.2 Å². The van der Waals surface area contributed by atoms with E-state index in [1.807, 2.05) is 12.1 Å². The minimum absolute atomic E-state index is 0.353. The number of nitrogens with two attached hydrogens (primary N) is 1. The molecule has 5 heteroatoms. The van der Waals surface area contributed by atoms with Crippen LogP contribution < -0.4 is 5.73 Å². The van der Waals surface area contributed by atoms with Gasteiger partial charge in [-0.3, -0.25) is 5.10 Å². The van der Waals surface area contributed by atoms with Crippen molar-refractivity contribution in [1.82, 2.24) is 10.2 Å². The average molecular weight is 221 g/mol. The number of nitrogens with zero attached hydrogens (tertiary/aromatic N) is 1. The third kappa shape index (κ3) is 2.06. The van der Waals surface area contributed by atoms with Gasteiger partial charge in [-0.25, -0.2) is 0 Å². The normalized spacial score (nSPS) is 15.2. The zero-order valence-corrected chi connectivity index (χ0v) is 8.80. The van der Waals surface area contributed by atoms with Crippen LogP contribution in [0.4, 0.5) is 0 Å². The van der Waals surface area contributed by atoms with Gasteiger partial charge < -0.3 is 15.9 Å². The van der Waals surface area contributed by atoms with E-state index in [0.29, 0.717) is 18.5 Å². The summed E-state index contributed by atoms with van der Waals surface area (Å²) in [6.07, 6.45) is 0.336. The molecule has 5 N–H and O–H groups in total. The first kappa shape index (κ1) is 11.1. The predicted octanol–water partition coefficient (Wildman–Crippen LogP) is 0.306. The molecule has 0 fully saturated rings. The van der Waals surface area contributed by atoms with E-state index in [-0.39, 0.29) is 0 Å². The smallest absolute Gasteiger partial charge is 0.105 e. The summed E-state index contributed by atoms with van der Waals surface area (Å²) in [5.74, 6) is 0. The molecule has 0 amide bonds. The fourth-order valence-corrected chi connectivity index (χ4v) is 1.70. The number of fused-ring (bicyclic) bond motifs is 1. The topological polar surface area (TPSA) is 95.2 Å². The maximum atomic E-state index is 9.88. The molecular formula is C11H15N3O2. The number of aliphatic hydroxyl groups excluding tert-OH is 2. The van der Waals surface area contributed by atoms with Gasteiger partial charge in [0.2, 0.25) is 0 Å². The highest BCUT2D eigenvalue weighted by Gasteiger charge is 2.17. The quantitative estimate of drug-likeness (QED) is 0.597. The molecule has 0 aliphatic heterocycles. The van der Waals surface area contributed by atoms with Crippen LogP contribution in [0.15, 0.2) is 24.4 Å². The summed E-state index contributed by atoms with van der Waals surface area (Å²) >= 11 is 0. The van der Waals surface area contributed by atoms with Gasteiger partial charge in [-0.05, 0) is 30.7 Å². The van der Waals surface area contributed by atoms with Crippen LogP contribution in [0.1, 0.15) is 18.1 Å². The van der Waals surface area contributed by atoms with Gasteiger partial charge in [-0.2, -0.15) is 5.10 Å². The molecule has 0 spiro atoms. The number of rotatable bonds is 4. The van der Waals surface area contributed by atoms with Gasteiger partial charge in [0.1, 0.15) is 6.10 Å². The lowest BCUT2D eigenvalue weighted by Gasteiger charge is -2.17. The molecule has 16 heavy (non-hydrogen) atoms. The second kappa shape index (κ2) is 4.61. The average Bonchev–Trinajstić information content (AvgIpc) is 2.75. The fourth-order valence-electron chi connectivity index (χ4n) is 1.70. The Bertz CT molecular complexity index is 469. The Kier molecular flexibility index (Phi) is 3.19. The van der Waals surface area contributed by atoms with Crippen molar-refractivity contribution in [2.24, 2.45) is 5.73 Å². The lowest BCUT2D eigenvalue weighted by Crippen LogP contribution is -2.21. The zero-order valence-electron chi connectivity index (χ0n) is 8.80. The van der Waals surface area contributed by atoms with Crippen molar-refractivity contribution >= 4 is 10.9 Å². The van der Waals surface area contributed by atoms with Gasteiger partial charge in [-0.15, -0.1) is 0 Å². The van der Waals surface area contributed by atoms with Gasteiger partial charge in [0.05, 0.1) is 17.8 Å². The van der Waals surface area contributed by atoms with Crippen molar-refractivity contribution in [1.29, 1.82) is 0 Å². The number of hydrogen-bond acceptors (Lipinski definition) is 4. The highest BCUT2D eigenvalue weighted by molar-refractivity contribution is 5.78. The Labute approximate surface area is 92.9 Å². The third-order valence-corrected chi connectivity index (χ3v) is 2.63. The SMILES string of the molecule is NCCC(O)C(O)c1ccc2[nH]ncc2c1. The number of H-pyrrole nitrogens is 1. The molecule has 1 aromatic carbocycles. The molecule has 0 saturated carbocycles. The second-order valence-corrected chi connectivity index (χ2v) is 3.81. The molecule has 2 rings (SSSR count). The lowest BCUT2D eigenvalue weighted by molar-refractivity contribution is 0.0151. The molecule has 2 atom stereocenters. The maximum absolute atomic E-state index is 9.88. The van der Waals surface area contributed by atoms with Gasteiger partial charge in [-0.1, -0.05) is 6.07 Å². The van der Waals surface area contributed by atoms with Crippen molar-refractivity contribution in [3.8, 4) is 0 Å². The van der Waals surface area contributed by atoms with Crippen LogP contribution in [0.5, 0.6) is 0 Å². The standard InChI is InChI=1S/C11H15N3O2/c12-4-3-10(15)11(16)7-1-2-9-8(5-7)6-13-14-9/h1-2,5-6,10-11,15-16H,3-4,12H2,(H,13,14). The van der Waals surface area contributed by atoms with Crippen molar-refractivity contribution in [3.05, 3.63) is 30.0 Å². The van der Waals surface area contributed by atoms with Crippen LogP contribution in [0.3, 0.4) is 0 Å². The molecular weight excluding hydrogens is 206 g/mol. The summed E-state index contributed by atoms with van der Waals surface area (Å²) in [5.41, 5.74) is 6.92. The van der Waals surface area contributed by atoms with Crippen molar-refractivity contribution < 1.29 is 10.2 Å². The first-order valence-corrected chi connectivity index (χ1v) is 5.21. The Morgan fingerprint density at radius 2 is 2.19 bits per heavy atom. The van der Waals surface area contributed by atoms with Crippen LogP contribution in [-0.2, 0) is 0 Å². The molecule has 1 aromatic heterocycles. The van der Waals surface area contributed by atoms with Crippen LogP contribution in [0, 0.1) is 0 Å². The highest BCUT2D eigenvalue weighted by atomic mass is 16.3. The number of aliphatic hydroxyl groups is 2. The van der Waals surface area contributed by atoms with Crippen molar-refractivity contribution in [2.75, 3.05) is 6.54 Å². The monoisotopic (exact) mass is 221 g/mol. The van der Waals surface area contributed by atoms with Crippen LogP contribution >= 0.6 is 0 Å². The van der Waals surface area contributed by atoms with Crippen LogP contribution in [0.25, 0.3) is 10.9 Å². The minimum Gasteiger partial charge on any atom is -0.390 e. The van der Waals surface area contributed by atoms with E-state index >= 15 is 0 Å². The summed E-state index contributed by atoms with van der Waals surface area (Å²) < 4.78 is 0. The van der Waals surface area contributed by atoms with E-state index in [9.17, 15) is 10.2 Å². The molecule has 2 aromatic rings. The van der Waals surface area contributed by atoms with E-state index in [0.717, 1.165) is 10.9 Å². The Hall–Kier alpha value is -1.43. The predicted molar refractivity (Wildman–Crippen MR) is 60.7 cm³/mol. The maximum Gasteiger partial charge on any atom is 0.105 e. The van der Waals surface area contributed by atoms with E-state index in [2.05, 4.69) is 10.2 Å². The number of hydrogen-bond donors (Lipinski definition) is 4. The van der Waals surface area contributed by atoms with E-state index in [4.69, 9.17) is 5.73 Å². The zero-order chi connectivity index (χ0) is 11.5. The van der Waals surface area contributed by atoms with E-state index in [1.165, 1.54) is 0 Å². The number of aromatic amines is 1. The fraction of sp³-hybridized carbons (Fsp3) is 0.364. The van der Waals surface area contributed by atoms with Gasteiger partial charge in [0, 0.05) is 5.39 Å². The molecule has 2 unspecified atom stereocenters. The summed E-state index contributed by atoms with van der Waals surface area (Å²) in [4.78, 5) is 0. The molecule has 0 saturated heterocycles. The molecule has 5 nitrogen and oxygen atoms in total. The van der Waals surface area contributed by atoms with Crippen LogP contribution in [0.2, 0.25) is 0 Å². The Morgan fingerprint density at radius 3 is 2.94 bits per heavy atom. The summed E-state index contributed by atoms with van der Waals surface area (Å²) in [6.45, 7) is 0.353. The lowest BCUT2D eigenvalue weighted by atomic mass is 10.0. The third-order valence-electron chi connectivity index (χ3n) is 2.63. The Morgan fingerprint density at radius 1 is 1.38 bits per heavy atom. The summed E-state index contributed by atoms with van der Waals surface area (Å²) in [7, 11) is 0. The molecule has 1 heterocycles. The van der Waals surface area contributed by atoms with Crippen molar-refractivity contribution in [2.45, 2.75) is 18.6 Å². The molecule has 0 aliphatic carbocycles.